The molecular formula is C20H30N2O5S. The summed E-state index contributed by atoms with van der Waals surface area (Å²) in [6, 6.07) is -1.33. The van der Waals surface area contributed by atoms with Crippen molar-refractivity contribution in [3.05, 3.63) is 12.7 Å². The summed E-state index contributed by atoms with van der Waals surface area (Å²) in [7, 11) is 0. The van der Waals surface area contributed by atoms with Crippen LogP contribution in [0.3, 0.4) is 0 Å². The van der Waals surface area contributed by atoms with Gasteiger partial charge in [0.15, 0.2) is 0 Å². The first-order valence-corrected chi connectivity index (χ1v) is 10.6. The van der Waals surface area contributed by atoms with E-state index in [1.165, 1.54) is 16.7 Å². The van der Waals surface area contributed by atoms with Crippen molar-refractivity contribution in [1.29, 1.82) is 0 Å². The fraction of sp³-hybridized carbons (Fsp3) is 0.750. The number of rotatable bonds is 6. The van der Waals surface area contributed by atoms with Gasteiger partial charge in [0.25, 0.3) is 0 Å². The highest BCUT2D eigenvalue weighted by molar-refractivity contribution is 8.02. The summed E-state index contributed by atoms with van der Waals surface area (Å²) < 4.78 is -0.740. The van der Waals surface area contributed by atoms with Gasteiger partial charge < -0.3 is 20.0 Å². The molecule has 8 heteroatoms. The topological polar surface area (TPSA) is 98.2 Å². The minimum absolute atomic E-state index is 0.143. The minimum atomic E-state index is -0.971. The molecule has 2 amide bonds. The molecule has 3 fully saturated rings. The highest BCUT2D eigenvalue weighted by atomic mass is 32.2. The Morgan fingerprint density at radius 2 is 2.11 bits per heavy atom. The van der Waals surface area contributed by atoms with Crippen LogP contribution in [-0.2, 0) is 14.4 Å². The van der Waals surface area contributed by atoms with Crippen molar-refractivity contribution in [3.63, 3.8) is 0 Å². The fourth-order valence-corrected chi connectivity index (χ4v) is 7.38. The van der Waals surface area contributed by atoms with Crippen molar-refractivity contribution in [2.24, 2.45) is 11.8 Å². The third-order valence-corrected chi connectivity index (χ3v) is 8.34. The number of fused-ring (bicyclic) bond motifs is 1. The van der Waals surface area contributed by atoms with Crippen LogP contribution in [0.5, 0.6) is 0 Å². The van der Waals surface area contributed by atoms with E-state index in [1.54, 1.807) is 17.9 Å². The lowest BCUT2D eigenvalue weighted by Crippen LogP contribution is -2.60. The van der Waals surface area contributed by atoms with Gasteiger partial charge in [-0.25, -0.2) is 0 Å². The minimum Gasteiger partial charge on any atom is -0.481 e. The average Bonchev–Trinajstić information content (AvgIpc) is 3.24. The number of likely N-dealkylation sites (tertiary alicyclic amines) is 1. The molecule has 2 unspecified atom stereocenters. The molecule has 3 aliphatic heterocycles. The van der Waals surface area contributed by atoms with Crippen molar-refractivity contribution < 1.29 is 24.6 Å². The van der Waals surface area contributed by atoms with E-state index in [-0.39, 0.29) is 23.7 Å². The average molecular weight is 411 g/mol. The maximum atomic E-state index is 13.8. The van der Waals surface area contributed by atoms with Gasteiger partial charge in [0.05, 0.1) is 29.2 Å². The summed E-state index contributed by atoms with van der Waals surface area (Å²) in [5.74, 6) is -2.97. The number of carbonyl (C=O) groups is 3. The Balaban J connectivity index is 2.11. The zero-order valence-electron chi connectivity index (χ0n) is 16.9. The summed E-state index contributed by atoms with van der Waals surface area (Å²) in [6.07, 6.45) is 2.99. The molecule has 1 spiro atoms. The summed E-state index contributed by atoms with van der Waals surface area (Å²) in [4.78, 5) is 42.3. The first kappa shape index (κ1) is 21.2. The first-order chi connectivity index (χ1) is 13.0. The number of aliphatic carboxylic acids is 1. The molecule has 3 saturated heterocycles. The van der Waals surface area contributed by atoms with E-state index in [2.05, 4.69) is 6.58 Å². The maximum Gasteiger partial charge on any atom is 0.308 e. The van der Waals surface area contributed by atoms with Gasteiger partial charge in [0.1, 0.15) is 6.04 Å². The van der Waals surface area contributed by atoms with Crippen LogP contribution < -0.4 is 0 Å². The van der Waals surface area contributed by atoms with Gasteiger partial charge in [-0.05, 0) is 40.5 Å². The van der Waals surface area contributed by atoms with Crippen molar-refractivity contribution in [3.8, 4) is 0 Å². The number of carboxylic acids is 1. The Morgan fingerprint density at radius 1 is 1.46 bits per heavy atom. The zero-order valence-corrected chi connectivity index (χ0v) is 17.7. The molecule has 0 aromatic carbocycles. The van der Waals surface area contributed by atoms with Gasteiger partial charge in [-0.3, -0.25) is 14.4 Å². The van der Waals surface area contributed by atoms with E-state index in [0.717, 1.165) is 0 Å². The molecular weight excluding hydrogens is 380 g/mol. The van der Waals surface area contributed by atoms with Crippen LogP contribution in [0.1, 0.15) is 40.5 Å². The number of nitrogens with zero attached hydrogens (tertiary/aromatic N) is 2. The number of amides is 2. The van der Waals surface area contributed by atoms with Gasteiger partial charge in [0, 0.05) is 17.3 Å². The van der Waals surface area contributed by atoms with E-state index < -0.39 is 40.2 Å². The van der Waals surface area contributed by atoms with Gasteiger partial charge in [-0.1, -0.05) is 6.08 Å². The van der Waals surface area contributed by atoms with Crippen molar-refractivity contribution in [2.75, 3.05) is 13.2 Å². The SMILES string of the molecule is C=CCN(C(=O)C1N([C@H](C)CO)C(=O)[C@@H]2[C@H](C(=O)O)[C@@H]3CCC12S3)C(C)(C)C. The molecule has 3 rings (SSSR count). The zero-order chi connectivity index (χ0) is 21.0. The second kappa shape index (κ2) is 7.06. The molecule has 0 radical (unpaired) electrons. The number of hydrogen-bond donors (Lipinski definition) is 2. The molecule has 2 bridgehead atoms. The summed E-state index contributed by atoms with van der Waals surface area (Å²) in [5.41, 5.74) is -0.482. The molecule has 0 aliphatic carbocycles. The molecule has 28 heavy (non-hydrogen) atoms. The number of aliphatic hydroxyl groups excluding tert-OH is 1. The second-order valence-electron chi connectivity index (χ2n) is 9.08. The molecule has 3 heterocycles. The molecule has 0 saturated carbocycles. The highest BCUT2D eigenvalue weighted by Gasteiger charge is 2.74. The van der Waals surface area contributed by atoms with Crippen molar-refractivity contribution >= 4 is 29.5 Å². The number of thioether (sulfide) groups is 1. The Morgan fingerprint density at radius 3 is 2.61 bits per heavy atom. The Bertz CT molecular complexity index is 705. The monoisotopic (exact) mass is 410 g/mol. The Hall–Kier alpha value is -1.54. The third-order valence-electron chi connectivity index (χ3n) is 6.38. The maximum absolute atomic E-state index is 13.8. The summed E-state index contributed by atoms with van der Waals surface area (Å²) in [5, 5.41) is 19.4. The first-order valence-electron chi connectivity index (χ1n) is 9.77. The fourth-order valence-electron chi connectivity index (χ4n) is 5.19. The van der Waals surface area contributed by atoms with Crippen LogP contribution in [0.15, 0.2) is 12.7 Å². The van der Waals surface area contributed by atoms with E-state index in [9.17, 15) is 24.6 Å². The standard InChI is InChI=1S/C20H30N2O5S/c1-6-9-21(19(3,4)5)17(25)15-20-8-7-12(28-20)13(18(26)27)14(20)16(24)22(15)11(2)10-23/h6,11-15,23H,1,7-10H2,2-5H3,(H,26,27)/t11-,12+,13-,14+,15?,20?/m1/s1. The number of aliphatic hydroxyl groups is 1. The van der Waals surface area contributed by atoms with Crippen LogP contribution in [0, 0.1) is 11.8 Å². The third kappa shape index (κ3) is 2.87. The number of carboxylic acid groups (broad SMARTS) is 1. The van der Waals surface area contributed by atoms with Gasteiger partial charge in [0.2, 0.25) is 11.8 Å². The molecule has 0 aromatic rings. The predicted octanol–water partition coefficient (Wildman–Crippen LogP) is 1.36. The van der Waals surface area contributed by atoms with E-state index in [1.807, 2.05) is 20.8 Å². The van der Waals surface area contributed by atoms with Crippen molar-refractivity contribution in [2.45, 2.75) is 68.2 Å². The van der Waals surface area contributed by atoms with Crippen LogP contribution in [-0.4, -0.2) is 78.6 Å². The lowest BCUT2D eigenvalue weighted by molar-refractivity contribution is -0.150. The van der Waals surface area contributed by atoms with Gasteiger partial charge in [-0.15, -0.1) is 18.3 Å². The van der Waals surface area contributed by atoms with Gasteiger partial charge >= 0.3 is 5.97 Å². The number of carbonyl (C=O) groups excluding carboxylic acids is 2. The lowest BCUT2D eigenvalue weighted by atomic mass is 9.71. The Kier molecular flexibility index (Phi) is 5.34. The normalized spacial score (nSPS) is 35.0. The van der Waals surface area contributed by atoms with Crippen molar-refractivity contribution in [1.82, 2.24) is 9.80 Å². The second-order valence-corrected chi connectivity index (χ2v) is 10.7. The molecule has 2 N–H and O–H groups in total. The molecule has 6 atom stereocenters. The predicted molar refractivity (Wildman–Crippen MR) is 107 cm³/mol. The van der Waals surface area contributed by atoms with Crippen LogP contribution in [0.25, 0.3) is 0 Å². The summed E-state index contributed by atoms with van der Waals surface area (Å²) >= 11 is 1.51. The molecule has 156 valence electrons. The smallest absolute Gasteiger partial charge is 0.308 e. The van der Waals surface area contributed by atoms with E-state index in [4.69, 9.17) is 0 Å². The quantitative estimate of drug-likeness (QED) is 0.642. The Labute approximate surface area is 170 Å². The summed E-state index contributed by atoms with van der Waals surface area (Å²) in [6.45, 7) is 11.3. The molecule has 7 nitrogen and oxygen atoms in total. The molecule has 0 aromatic heterocycles. The van der Waals surface area contributed by atoms with Crippen LogP contribution in [0.4, 0.5) is 0 Å². The van der Waals surface area contributed by atoms with E-state index in [0.29, 0.717) is 19.4 Å². The number of hydrogen-bond acceptors (Lipinski definition) is 5. The lowest BCUT2D eigenvalue weighted by Gasteiger charge is -2.43. The van der Waals surface area contributed by atoms with Gasteiger partial charge in [-0.2, -0.15) is 0 Å². The highest BCUT2D eigenvalue weighted by Crippen LogP contribution is 2.66. The largest absolute Gasteiger partial charge is 0.481 e. The van der Waals surface area contributed by atoms with Crippen LogP contribution >= 0.6 is 11.8 Å². The van der Waals surface area contributed by atoms with Crippen LogP contribution in [0.2, 0.25) is 0 Å². The van der Waals surface area contributed by atoms with E-state index >= 15 is 0 Å². The molecule has 3 aliphatic rings.